The monoisotopic (exact) mass is 301 g/mol. The van der Waals surface area contributed by atoms with E-state index in [9.17, 15) is 4.79 Å². The van der Waals surface area contributed by atoms with Crippen LogP contribution in [0, 0.1) is 6.92 Å². The molecule has 0 aliphatic heterocycles. The molecule has 0 unspecified atom stereocenters. The highest BCUT2D eigenvalue weighted by molar-refractivity contribution is 5.75. The summed E-state index contributed by atoms with van der Waals surface area (Å²) in [5, 5.41) is 0. The van der Waals surface area contributed by atoms with Crippen molar-refractivity contribution in [3.8, 4) is 11.3 Å². The zero-order valence-corrected chi connectivity index (χ0v) is 13.9. The molecule has 0 radical (unpaired) electrons. The van der Waals surface area contributed by atoms with Crippen LogP contribution in [0.1, 0.15) is 44.9 Å². The molecular weight excluding hydrogens is 278 g/mol. The molecule has 4 nitrogen and oxygen atoms in total. The molecule has 22 heavy (non-hydrogen) atoms. The first-order valence-corrected chi connectivity index (χ1v) is 7.54. The van der Waals surface area contributed by atoms with Gasteiger partial charge in [-0.1, -0.05) is 45.0 Å². The molecule has 2 rings (SSSR count). The fourth-order valence-electron chi connectivity index (χ4n) is 2.29. The number of carbonyl (C=O) groups is 1. The average molecular weight is 301 g/mol. The molecule has 2 aromatic rings. The number of oxazole rings is 1. The van der Waals surface area contributed by atoms with Crippen molar-refractivity contribution in [2.75, 3.05) is 6.61 Å². The van der Waals surface area contributed by atoms with Crippen LogP contribution in [0.25, 0.3) is 11.3 Å². The molecule has 0 spiro atoms. The molecule has 0 fully saturated rings. The van der Waals surface area contributed by atoms with E-state index in [1.54, 1.807) is 13.8 Å². The van der Waals surface area contributed by atoms with Crippen LogP contribution in [-0.2, 0) is 21.4 Å². The number of ether oxygens (including phenoxy) is 1. The third kappa shape index (κ3) is 3.75. The van der Waals surface area contributed by atoms with Crippen LogP contribution in [0.5, 0.6) is 0 Å². The minimum Gasteiger partial charge on any atom is -0.466 e. The quantitative estimate of drug-likeness (QED) is 0.799. The van der Waals surface area contributed by atoms with Crippen LogP contribution in [0.3, 0.4) is 0 Å². The Labute approximate surface area is 131 Å². The summed E-state index contributed by atoms with van der Waals surface area (Å²) >= 11 is 0. The summed E-state index contributed by atoms with van der Waals surface area (Å²) < 4.78 is 10.6. The zero-order valence-electron chi connectivity index (χ0n) is 13.9. The second-order valence-corrected chi connectivity index (χ2v) is 6.31. The van der Waals surface area contributed by atoms with E-state index in [0.717, 1.165) is 5.56 Å². The Morgan fingerprint density at radius 3 is 2.41 bits per heavy atom. The van der Waals surface area contributed by atoms with E-state index < -0.39 is 0 Å². The van der Waals surface area contributed by atoms with Crippen LogP contribution < -0.4 is 0 Å². The van der Waals surface area contributed by atoms with Gasteiger partial charge >= 0.3 is 5.97 Å². The highest BCUT2D eigenvalue weighted by Gasteiger charge is 2.18. The second-order valence-electron chi connectivity index (χ2n) is 6.31. The van der Waals surface area contributed by atoms with Crippen LogP contribution in [-0.4, -0.2) is 17.6 Å². The van der Waals surface area contributed by atoms with Crippen molar-refractivity contribution in [3.05, 3.63) is 41.5 Å². The van der Waals surface area contributed by atoms with E-state index in [1.165, 1.54) is 5.56 Å². The summed E-state index contributed by atoms with van der Waals surface area (Å²) in [7, 11) is 0. The lowest BCUT2D eigenvalue weighted by Crippen LogP contribution is -2.10. The smallest absolute Gasteiger partial charge is 0.313 e. The van der Waals surface area contributed by atoms with Crippen molar-refractivity contribution in [3.63, 3.8) is 0 Å². The number of carbonyl (C=O) groups excluding carboxylic acids is 1. The maximum absolute atomic E-state index is 11.7. The fraction of sp³-hybridized carbons (Fsp3) is 0.444. The first kappa shape index (κ1) is 16.3. The van der Waals surface area contributed by atoms with Crippen molar-refractivity contribution in [1.29, 1.82) is 0 Å². The lowest BCUT2D eigenvalue weighted by atomic mass is 9.86. The molecule has 1 heterocycles. The highest BCUT2D eigenvalue weighted by atomic mass is 16.5. The van der Waals surface area contributed by atoms with Crippen LogP contribution >= 0.6 is 0 Å². The average Bonchev–Trinajstić information content (AvgIpc) is 2.79. The summed E-state index contributed by atoms with van der Waals surface area (Å²) in [6.45, 7) is 10.5. The predicted molar refractivity (Wildman–Crippen MR) is 85.7 cm³/mol. The number of hydrogen-bond acceptors (Lipinski definition) is 4. The predicted octanol–water partition coefficient (Wildman–Crippen LogP) is 4.05. The summed E-state index contributed by atoms with van der Waals surface area (Å²) in [6.07, 6.45) is 0.102. The van der Waals surface area contributed by atoms with Gasteiger partial charge in [0.1, 0.15) is 17.9 Å². The minimum atomic E-state index is -0.300. The van der Waals surface area contributed by atoms with E-state index >= 15 is 0 Å². The van der Waals surface area contributed by atoms with Gasteiger partial charge in [0.15, 0.2) is 5.89 Å². The Balaban J connectivity index is 2.30. The molecule has 0 aliphatic rings. The number of hydrogen-bond donors (Lipinski definition) is 0. The molecule has 0 aliphatic carbocycles. The van der Waals surface area contributed by atoms with Gasteiger partial charge in [-0.15, -0.1) is 0 Å². The van der Waals surface area contributed by atoms with Crippen molar-refractivity contribution in [1.82, 2.24) is 4.98 Å². The lowest BCUT2D eigenvalue weighted by Gasteiger charge is -2.19. The van der Waals surface area contributed by atoms with E-state index in [0.29, 0.717) is 24.0 Å². The zero-order chi connectivity index (χ0) is 16.3. The molecule has 0 atom stereocenters. The van der Waals surface area contributed by atoms with Gasteiger partial charge in [-0.25, -0.2) is 4.98 Å². The van der Waals surface area contributed by atoms with E-state index in [-0.39, 0.29) is 17.8 Å². The molecule has 4 heteroatoms. The SMILES string of the molecule is CCOC(=O)Cc1oc(C)nc1-c1ccc(C(C)(C)C)cc1. The Morgan fingerprint density at radius 1 is 1.23 bits per heavy atom. The number of esters is 1. The summed E-state index contributed by atoms with van der Waals surface area (Å²) in [6, 6.07) is 8.22. The molecular formula is C18H23NO3. The summed E-state index contributed by atoms with van der Waals surface area (Å²) in [5.74, 6) is 0.805. The van der Waals surface area contributed by atoms with Crippen LogP contribution in [0.4, 0.5) is 0 Å². The molecule has 1 aromatic carbocycles. The van der Waals surface area contributed by atoms with E-state index in [1.807, 2.05) is 12.1 Å². The maximum atomic E-state index is 11.7. The largest absolute Gasteiger partial charge is 0.466 e. The Kier molecular flexibility index (Phi) is 4.69. The van der Waals surface area contributed by atoms with Crippen LogP contribution in [0.2, 0.25) is 0 Å². The van der Waals surface area contributed by atoms with E-state index in [4.69, 9.17) is 9.15 Å². The second kappa shape index (κ2) is 6.34. The van der Waals surface area contributed by atoms with Gasteiger partial charge in [-0.05, 0) is 17.9 Å². The molecule has 0 saturated carbocycles. The molecule has 0 amide bonds. The molecule has 118 valence electrons. The topological polar surface area (TPSA) is 52.3 Å². The number of aryl methyl sites for hydroxylation is 1. The Bertz CT molecular complexity index is 648. The van der Waals surface area contributed by atoms with Gasteiger partial charge in [0.2, 0.25) is 0 Å². The fourth-order valence-corrected chi connectivity index (χ4v) is 2.29. The van der Waals surface area contributed by atoms with Crippen molar-refractivity contribution < 1.29 is 13.9 Å². The van der Waals surface area contributed by atoms with Gasteiger partial charge in [0.05, 0.1) is 6.61 Å². The number of aromatic nitrogens is 1. The highest BCUT2D eigenvalue weighted by Crippen LogP contribution is 2.28. The van der Waals surface area contributed by atoms with Gasteiger partial charge in [-0.2, -0.15) is 0 Å². The molecule has 0 saturated heterocycles. The Morgan fingerprint density at radius 2 is 1.86 bits per heavy atom. The third-order valence-electron chi connectivity index (χ3n) is 3.44. The molecule has 0 bridgehead atoms. The lowest BCUT2D eigenvalue weighted by molar-refractivity contribution is -0.142. The van der Waals surface area contributed by atoms with Gasteiger partial charge in [0, 0.05) is 12.5 Å². The number of nitrogens with zero attached hydrogens (tertiary/aromatic N) is 1. The van der Waals surface area contributed by atoms with Crippen molar-refractivity contribution in [2.24, 2.45) is 0 Å². The Hall–Kier alpha value is -2.10. The van der Waals surface area contributed by atoms with Gasteiger partial charge < -0.3 is 9.15 Å². The first-order valence-electron chi connectivity index (χ1n) is 7.54. The maximum Gasteiger partial charge on any atom is 0.313 e. The minimum absolute atomic E-state index is 0.102. The first-order chi connectivity index (χ1) is 10.3. The van der Waals surface area contributed by atoms with Gasteiger partial charge in [0.25, 0.3) is 0 Å². The van der Waals surface area contributed by atoms with Crippen LogP contribution in [0.15, 0.2) is 28.7 Å². The standard InChI is InChI=1S/C18H23NO3/c1-6-21-16(20)11-15-17(19-12(2)22-15)13-7-9-14(10-8-13)18(3,4)5/h7-10H,6,11H2,1-5H3. The van der Waals surface area contributed by atoms with Gasteiger partial charge in [-0.3, -0.25) is 4.79 Å². The summed E-state index contributed by atoms with van der Waals surface area (Å²) in [4.78, 5) is 16.1. The van der Waals surface area contributed by atoms with Crippen molar-refractivity contribution in [2.45, 2.75) is 46.5 Å². The molecule has 1 aromatic heterocycles. The van der Waals surface area contributed by atoms with Crippen molar-refractivity contribution >= 4 is 5.97 Å². The number of rotatable bonds is 4. The number of benzene rings is 1. The van der Waals surface area contributed by atoms with E-state index in [2.05, 4.69) is 37.9 Å². The summed E-state index contributed by atoms with van der Waals surface area (Å²) in [5.41, 5.74) is 3.02. The third-order valence-corrected chi connectivity index (χ3v) is 3.44. The molecule has 0 N–H and O–H groups in total. The normalized spacial score (nSPS) is 11.5.